The average Bonchev–Trinajstić information content (AvgIpc) is 2.62. The van der Waals surface area contributed by atoms with Crippen molar-refractivity contribution in [2.45, 2.75) is 38.9 Å². The topological polar surface area (TPSA) is 58.4 Å². The molecule has 2 atom stereocenters. The Kier molecular flexibility index (Phi) is 6.46. The van der Waals surface area contributed by atoms with Gasteiger partial charge in [0.05, 0.1) is 16.4 Å². The van der Waals surface area contributed by atoms with Crippen molar-refractivity contribution >= 4 is 33.2 Å². The summed E-state index contributed by atoms with van der Waals surface area (Å²) in [6.07, 6.45) is 0. The van der Waals surface area contributed by atoms with Crippen LogP contribution in [0.25, 0.3) is 0 Å². The van der Waals surface area contributed by atoms with E-state index in [0.717, 1.165) is 3.79 Å². The highest BCUT2D eigenvalue weighted by atomic mass is 79.9. The molecule has 1 rings (SSSR count). The zero-order valence-corrected chi connectivity index (χ0v) is 14.2. The molecule has 0 spiro atoms. The van der Waals surface area contributed by atoms with E-state index >= 15 is 0 Å². The summed E-state index contributed by atoms with van der Waals surface area (Å²) in [7, 11) is 1.93. The Hall–Kier alpha value is -0.430. The monoisotopic (exact) mass is 347 g/mol. The Balaban J connectivity index is 2.74. The fourth-order valence-corrected chi connectivity index (χ4v) is 3.76. The lowest BCUT2D eigenvalue weighted by Crippen LogP contribution is -2.43. The summed E-state index contributed by atoms with van der Waals surface area (Å²) in [5, 5.41) is 2.90. The average molecular weight is 348 g/mol. The highest BCUT2D eigenvalue weighted by Crippen LogP contribution is 2.31. The van der Waals surface area contributed by atoms with Gasteiger partial charge in [-0.3, -0.25) is 9.69 Å². The molecular weight excluding hydrogens is 326 g/mol. The summed E-state index contributed by atoms with van der Waals surface area (Å²) in [5.74, 6) is 0.0266. The lowest BCUT2D eigenvalue weighted by atomic mass is 10.1. The van der Waals surface area contributed by atoms with Crippen molar-refractivity contribution in [3.05, 3.63) is 20.8 Å². The zero-order valence-electron chi connectivity index (χ0n) is 11.8. The number of likely N-dealkylation sites (N-methyl/N-ethyl adjacent to an activating group) is 1. The first-order chi connectivity index (χ1) is 8.81. The lowest BCUT2D eigenvalue weighted by molar-refractivity contribution is -0.123. The molecule has 1 aromatic rings. The number of nitrogens with zero attached hydrogens (tertiary/aromatic N) is 1. The van der Waals surface area contributed by atoms with E-state index in [4.69, 9.17) is 5.73 Å². The van der Waals surface area contributed by atoms with Crippen LogP contribution in [-0.4, -0.2) is 36.5 Å². The van der Waals surface area contributed by atoms with E-state index in [1.54, 1.807) is 11.3 Å². The maximum atomic E-state index is 11.8. The van der Waals surface area contributed by atoms with Crippen LogP contribution in [-0.2, 0) is 4.79 Å². The van der Waals surface area contributed by atoms with Crippen LogP contribution in [0, 0.1) is 0 Å². The van der Waals surface area contributed by atoms with E-state index < -0.39 is 0 Å². The fourth-order valence-electron chi connectivity index (χ4n) is 2.06. The van der Waals surface area contributed by atoms with Gasteiger partial charge in [0, 0.05) is 17.0 Å². The van der Waals surface area contributed by atoms with Crippen LogP contribution in [0.1, 0.15) is 31.7 Å². The van der Waals surface area contributed by atoms with Crippen molar-refractivity contribution in [3.63, 3.8) is 0 Å². The van der Waals surface area contributed by atoms with Crippen LogP contribution in [0.15, 0.2) is 15.9 Å². The van der Waals surface area contributed by atoms with E-state index in [2.05, 4.69) is 27.3 Å². The van der Waals surface area contributed by atoms with Gasteiger partial charge in [-0.05, 0) is 55.9 Å². The predicted molar refractivity (Wildman–Crippen MR) is 84.3 cm³/mol. The minimum absolute atomic E-state index is 0.0266. The number of carbonyl (C=O) groups excluding carboxylic acids is 1. The number of nitrogens with one attached hydrogen (secondary N) is 1. The molecule has 2 unspecified atom stereocenters. The first-order valence-corrected chi connectivity index (χ1v) is 7.92. The predicted octanol–water partition coefficient (Wildman–Crippen LogP) is 2.36. The van der Waals surface area contributed by atoms with Gasteiger partial charge < -0.3 is 11.1 Å². The zero-order chi connectivity index (χ0) is 14.6. The molecule has 0 aliphatic rings. The summed E-state index contributed by atoms with van der Waals surface area (Å²) in [6.45, 7) is 6.23. The minimum atomic E-state index is -0.0394. The van der Waals surface area contributed by atoms with Crippen LogP contribution in [0.5, 0.6) is 0 Å². The lowest BCUT2D eigenvalue weighted by Gasteiger charge is -2.30. The van der Waals surface area contributed by atoms with E-state index in [0.29, 0.717) is 6.54 Å². The first-order valence-electron chi connectivity index (χ1n) is 6.31. The molecule has 0 radical (unpaired) electrons. The SMILES string of the molecule is CC(C)NC(=O)CN(C)C(c1ccc(Br)s1)C(C)N. The van der Waals surface area contributed by atoms with Gasteiger partial charge in [-0.2, -0.15) is 0 Å². The van der Waals surface area contributed by atoms with Crippen molar-refractivity contribution in [1.29, 1.82) is 0 Å². The van der Waals surface area contributed by atoms with Gasteiger partial charge in [-0.15, -0.1) is 11.3 Å². The van der Waals surface area contributed by atoms with Crippen molar-refractivity contribution in [2.75, 3.05) is 13.6 Å². The molecule has 19 heavy (non-hydrogen) atoms. The van der Waals surface area contributed by atoms with E-state index in [1.807, 2.05) is 38.8 Å². The molecule has 0 bridgehead atoms. The van der Waals surface area contributed by atoms with Crippen molar-refractivity contribution < 1.29 is 4.79 Å². The second-order valence-corrected chi connectivity index (χ2v) is 7.58. The number of nitrogens with two attached hydrogens (primary N) is 1. The quantitative estimate of drug-likeness (QED) is 0.830. The summed E-state index contributed by atoms with van der Waals surface area (Å²) < 4.78 is 1.08. The molecule has 0 aliphatic heterocycles. The van der Waals surface area contributed by atoms with Crippen LogP contribution < -0.4 is 11.1 Å². The van der Waals surface area contributed by atoms with Crippen LogP contribution in [0.4, 0.5) is 0 Å². The number of thiophene rings is 1. The van der Waals surface area contributed by atoms with E-state index in [1.165, 1.54) is 4.88 Å². The third kappa shape index (κ3) is 5.22. The van der Waals surface area contributed by atoms with E-state index in [-0.39, 0.29) is 24.0 Å². The molecule has 0 fully saturated rings. The molecule has 1 aromatic heterocycles. The van der Waals surface area contributed by atoms with Gasteiger partial charge in [-0.1, -0.05) is 0 Å². The van der Waals surface area contributed by atoms with Crippen LogP contribution in [0.3, 0.4) is 0 Å². The molecule has 1 heterocycles. The Morgan fingerprint density at radius 3 is 2.53 bits per heavy atom. The molecule has 0 saturated carbocycles. The number of rotatable bonds is 6. The molecule has 1 amide bonds. The molecule has 0 aromatic carbocycles. The normalized spacial score (nSPS) is 14.7. The van der Waals surface area contributed by atoms with Crippen molar-refractivity contribution in [1.82, 2.24) is 10.2 Å². The number of halogens is 1. The smallest absolute Gasteiger partial charge is 0.234 e. The van der Waals surface area contributed by atoms with Gasteiger partial charge in [0.1, 0.15) is 0 Å². The molecule has 0 saturated heterocycles. The standard InChI is InChI=1S/C13H22BrN3OS/c1-8(2)16-12(18)7-17(4)13(9(3)15)10-5-6-11(14)19-10/h5-6,8-9,13H,7,15H2,1-4H3,(H,16,18). The van der Waals surface area contributed by atoms with Crippen molar-refractivity contribution in [2.24, 2.45) is 5.73 Å². The van der Waals surface area contributed by atoms with E-state index in [9.17, 15) is 4.79 Å². The summed E-state index contributed by atoms with van der Waals surface area (Å²) in [5.41, 5.74) is 6.07. The van der Waals surface area contributed by atoms with Crippen LogP contribution >= 0.6 is 27.3 Å². The maximum Gasteiger partial charge on any atom is 0.234 e. The third-order valence-corrected chi connectivity index (χ3v) is 4.40. The Morgan fingerprint density at radius 1 is 1.47 bits per heavy atom. The Labute approximate surface area is 127 Å². The Bertz CT molecular complexity index is 420. The molecule has 0 aliphatic carbocycles. The highest BCUT2D eigenvalue weighted by molar-refractivity contribution is 9.11. The Morgan fingerprint density at radius 2 is 2.11 bits per heavy atom. The van der Waals surface area contributed by atoms with Crippen molar-refractivity contribution in [3.8, 4) is 0 Å². The number of hydrogen-bond acceptors (Lipinski definition) is 4. The van der Waals surface area contributed by atoms with Gasteiger partial charge in [-0.25, -0.2) is 0 Å². The summed E-state index contributed by atoms with van der Waals surface area (Å²) in [4.78, 5) is 15.0. The molecule has 108 valence electrons. The first kappa shape index (κ1) is 16.6. The van der Waals surface area contributed by atoms with Crippen LogP contribution in [0.2, 0.25) is 0 Å². The second kappa shape index (κ2) is 7.38. The third-order valence-electron chi connectivity index (χ3n) is 2.70. The van der Waals surface area contributed by atoms with Gasteiger partial charge in [0.25, 0.3) is 0 Å². The molecule has 3 N–H and O–H groups in total. The van der Waals surface area contributed by atoms with Gasteiger partial charge in [0.15, 0.2) is 0 Å². The maximum absolute atomic E-state index is 11.8. The molecule has 6 heteroatoms. The molecular formula is C13H22BrN3OS. The van der Waals surface area contributed by atoms with Gasteiger partial charge >= 0.3 is 0 Å². The van der Waals surface area contributed by atoms with Gasteiger partial charge in [0.2, 0.25) is 5.91 Å². The highest BCUT2D eigenvalue weighted by Gasteiger charge is 2.24. The summed E-state index contributed by atoms with van der Waals surface area (Å²) >= 11 is 5.12. The summed E-state index contributed by atoms with van der Waals surface area (Å²) in [6, 6.07) is 4.24. The largest absolute Gasteiger partial charge is 0.353 e. The number of amides is 1. The second-order valence-electron chi connectivity index (χ2n) is 5.08. The minimum Gasteiger partial charge on any atom is -0.353 e. The number of hydrogen-bond donors (Lipinski definition) is 2. The molecule has 4 nitrogen and oxygen atoms in total. The fraction of sp³-hybridized carbons (Fsp3) is 0.615. The number of carbonyl (C=O) groups is 1.